The summed E-state index contributed by atoms with van der Waals surface area (Å²) in [5.74, 6) is 0.768. The zero-order valence-electron chi connectivity index (χ0n) is 16.2. The molecule has 0 unspecified atom stereocenters. The van der Waals surface area contributed by atoms with Crippen LogP contribution in [0, 0.1) is 5.41 Å². The van der Waals surface area contributed by atoms with Crippen molar-refractivity contribution in [3.63, 3.8) is 0 Å². The van der Waals surface area contributed by atoms with Gasteiger partial charge in [0.05, 0.1) is 0 Å². The molecule has 1 saturated heterocycles. The zero-order valence-corrected chi connectivity index (χ0v) is 16.2. The Hall–Kier alpha value is -1.02. The number of nitrogens with one attached hydrogen (secondary N) is 1. The molecule has 1 aromatic rings. The highest BCUT2D eigenvalue weighted by Gasteiger charge is 2.28. The third-order valence-electron chi connectivity index (χ3n) is 6.02. The second-order valence-electron chi connectivity index (χ2n) is 9.55. The number of hydrogen-bond donors (Lipinski definition) is 1. The molecule has 2 fully saturated rings. The van der Waals surface area contributed by atoms with Crippen LogP contribution in [-0.2, 0) is 0 Å². The van der Waals surface area contributed by atoms with Gasteiger partial charge in [-0.15, -0.1) is 0 Å². The Morgan fingerprint density at radius 1 is 1.04 bits per heavy atom. The molecule has 0 amide bonds. The molecule has 0 bridgehead atoms. The molecule has 1 saturated carbocycles. The van der Waals surface area contributed by atoms with Gasteiger partial charge in [0.1, 0.15) is 0 Å². The maximum atomic E-state index is 3.75. The number of benzene rings is 1. The number of hydrogen-bond acceptors (Lipinski definition) is 2. The standard InChI is InChI=1S/C22H36N2/c1-21(2)13-11-19(12-14-21)18-7-9-20(10-8-18)23-22(3,4)17-24-15-5-6-16-24/h7-10,19,23H,5-6,11-17H2,1-4H3. The average molecular weight is 329 g/mol. The lowest BCUT2D eigenvalue weighted by Gasteiger charge is -2.35. The van der Waals surface area contributed by atoms with E-state index in [1.807, 2.05) is 0 Å². The summed E-state index contributed by atoms with van der Waals surface area (Å²) < 4.78 is 0. The van der Waals surface area contributed by atoms with E-state index in [2.05, 4.69) is 62.2 Å². The normalized spacial score (nSPS) is 22.7. The molecule has 1 heterocycles. The van der Waals surface area contributed by atoms with Crippen LogP contribution in [-0.4, -0.2) is 30.1 Å². The molecular weight excluding hydrogens is 292 g/mol. The van der Waals surface area contributed by atoms with Crippen LogP contribution in [0.25, 0.3) is 0 Å². The van der Waals surface area contributed by atoms with Crippen molar-refractivity contribution in [3.05, 3.63) is 29.8 Å². The maximum absolute atomic E-state index is 3.75. The molecular formula is C22H36N2. The van der Waals surface area contributed by atoms with Crippen LogP contribution in [0.4, 0.5) is 5.69 Å². The molecule has 1 aliphatic heterocycles. The molecule has 0 spiro atoms. The third-order valence-corrected chi connectivity index (χ3v) is 6.02. The first-order chi connectivity index (χ1) is 11.3. The summed E-state index contributed by atoms with van der Waals surface area (Å²) in [7, 11) is 0. The first-order valence-electron chi connectivity index (χ1n) is 9.94. The van der Waals surface area contributed by atoms with E-state index in [0.29, 0.717) is 5.41 Å². The molecule has 2 heteroatoms. The summed E-state index contributed by atoms with van der Waals surface area (Å²) in [6.07, 6.45) is 8.15. The summed E-state index contributed by atoms with van der Waals surface area (Å²) in [6.45, 7) is 13.1. The molecule has 0 aromatic heterocycles. The van der Waals surface area contributed by atoms with Crippen molar-refractivity contribution in [2.75, 3.05) is 25.0 Å². The number of anilines is 1. The van der Waals surface area contributed by atoms with E-state index in [0.717, 1.165) is 12.5 Å². The maximum Gasteiger partial charge on any atom is 0.0444 e. The molecule has 1 aromatic carbocycles. The van der Waals surface area contributed by atoms with E-state index < -0.39 is 0 Å². The van der Waals surface area contributed by atoms with Gasteiger partial charge >= 0.3 is 0 Å². The SMILES string of the molecule is CC1(C)CCC(c2ccc(NC(C)(C)CN3CCCC3)cc2)CC1. The van der Waals surface area contributed by atoms with E-state index in [1.165, 1.54) is 62.9 Å². The molecule has 134 valence electrons. The van der Waals surface area contributed by atoms with E-state index in [1.54, 1.807) is 0 Å². The zero-order chi connectivity index (χ0) is 17.2. The van der Waals surface area contributed by atoms with Crippen molar-refractivity contribution in [1.82, 2.24) is 4.90 Å². The van der Waals surface area contributed by atoms with Gasteiger partial charge in [0, 0.05) is 17.8 Å². The number of likely N-dealkylation sites (tertiary alicyclic amines) is 1. The Balaban J connectivity index is 1.56. The molecule has 2 aliphatic rings. The lowest BCUT2D eigenvalue weighted by molar-refractivity contribution is 0.224. The average Bonchev–Trinajstić information content (AvgIpc) is 3.00. The van der Waals surface area contributed by atoms with Crippen LogP contribution in [0.2, 0.25) is 0 Å². The summed E-state index contributed by atoms with van der Waals surface area (Å²) >= 11 is 0. The summed E-state index contributed by atoms with van der Waals surface area (Å²) in [5, 5.41) is 3.75. The highest BCUT2D eigenvalue weighted by molar-refractivity contribution is 5.47. The van der Waals surface area contributed by atoms with Gasteiger partial charge in [0.25, 0.3) is 0 Å². The van der Waals surface area contributed by atoms with Crippen LogP contribution in [0.5, 0.6) is 0 Å². The fourth-order valence-corrected chi connectivity index (χ4v) is 4.50. The van der Waals surface area contributed by atoms with Crippen LogP contribution < -0.4 is 5.32 Å². The van der Waals surface area contributed by atoms with Crippen molar-refractivity contribution in [3.8, 4) is 0 Å². The van der Waals surface area contributed by atoms with Gasteiger partial charge in [-0.05, 0) is 94.5 Å². The smallest absolute Gasteiger partial charge is 0.0444 e. The topological polar surface area (TPSA) is 15.3 Å². The predicted octanol–water partition coefficient (Wildman–Crippen LogP) is 5.66. The highest BCUT2D eigenvalue weighted by Crippen LogP contribution is 2.42. The van der Waals surface area contributed by atoms with Gasteiger partial charge in [-0.1, -0.05) is 26.0 Å². The Morgan fingerprint density at radius 2 is 1.62 bits per heavy atom. The van der Waals surface area contributed by atoms with Crippen molar-refractivity contribution in [1.29, 1.82) is 0 Å². The Bertz CT molecular complexity index is 513. The second-order valence-corrected chi connectivity index (χ2v) is 9.55. The molecule has 0 atom stereocenters. The minimum atomic E-state index is 0.126. The lowest BCUT2D eigenvalue weighted by Crippen LogP contribution is -2.43. The van der Waals surface area contributed by atoms with Gasteiger partial charge in [0.15, 0.2) is 0 Å². The van der Waals surface area contributed by atoms with E-state index >= 15 is 0 Å². The molecule has 1 aliphatic carbocycles. The lowest BCUT2D eigenvalue weighted by atomic mass is 9.71. The van der Waals surface area contributed by atoms with Crippen molar-refractivity contribution < 1.29 is 0 Å². The minimum absolute atomic E-state index is 0.126. The highest BCUT2D eigenvalue weighted by atomic mass is 15.2. The van der Waals surface area contributed by atoms with Crippen LogP contribution in [0.15, 0.2) is 24.3 Å². The Morgan fingerprint density at radius 3 is 2.21 bits per heavy atom. The van der Waals surface area contributed by atoms with Gasteiger partial charge in [-0.2, -0.15) is 0 Å². The Labute approximate surface area is 149 Å². The largest absolute Gasteiger partial charge is 0.379 e. The molecule has 0 radical (unpaired) electrons. The first kappa shape index (κ1) is 17.8. The van der Waals surface area contributed by atoms with Gasteiger partial charge in [-0.25, -0.2) is 0 Å². The summed E-state index contributed by atoms with van der Waals surface area (Å²) in [4.78, 5) is 2.59. The molecule has 3 rings (SSSR count). The van der Waals surface area contributed by atoms with Crippen LogP contribution in [0.3, 0.4) is 0 Å². The van der Waals surface area contributed by atoms with Gasteiger partial charge in [0.2, 0.25) is 0 Å². The predicted molar refractivity (Wildman–Crippen MR) is 105 cm³/mol. The van der Waals surface area contributed by atoms with E-state index in [-0.39, 0.29) is 5.54 Å². The number of rotatable bonds is 5. The van der Waals surface area contributed by atoms with Crippen molar-refractivity contribution in [2.45, 2.75) is 77.7 Å². The van der Waals surface area contributed by atoms with E-state index in [9.17, 15) is 0 Å². The van der Waals surface area contributed by atoms with Crippen LogP contribution in [0.1, 0.15) is 77.7 Å². The quantitative estimate of drug-likeness (QED) is 0.750. The fourth-order valence-electron chi connectivity index (χ4n) is 4.50. The summed E-state index contributed by atoms with van der Waals surface area (Å²) in [5.41, 5.74) is 3.48. The van der Waals surface area contributed by atoms with Crippen molar-refractivity contribution in [2.24, 2.45) is 5.41 Å². The molecule has 24 heavy (non-hydrogen) atoms. The second kappa shape index (κ2) is 7.07. The van der Waals surface area contributed by atoms with Gasteiger partial charge < -0.3 is 10.2 Å². The Kier molecular flexibility index (Phi) is 5.24. The monoisotopic (exact) mass is 328 g/mol. The summed E-state index contributed by atoms with van der Waals surface area (Å²) in [6, 6.07) is 9.30. The van der Waals surface area contributed by atoms with Gasteiger partial charge in [-0.3, -0.25) is 0 Å². The molecule has 1 N–H and O–H groups in total. The third kappa shape index (κ3) is 4.75. The van der Waals surface area contributed by atoms with Crippen molar-refractivity contribution >= 4 is 5.69 Å². The van der Waals surface area contributed by atoms with E-state index in [4.69, 9.17) is 0 Å². The molecule has 2 nitrogen and oxygen atoms in total. The first-order valence-corrected chi connectivity index (χ1v) is 9.94. The fraction of sp³-hybridized carbons (Fsp3) is 0.727. The van der Waals surface area contributed by atoms with Crippen LogP contribution >= 0.6 is 0 Å². The minimum Gasteiger partial charge on any atom is -0.379 e. The number of nitrogens with zero attached hydrogens (tertiary/aromatic N) is 1.